The molecule has 1 saturated heterocycles. The van der Waals surface area contributed by atoms with Gasteiger partial charge in [0.05, 0.1) is 11.6 Å². The van der Waals surface area contributed by atoms with Gasteiger partial charge in [-0.2, -0.15) is 5.26 Å². The molecule has 0 spiro atoms. The minimum absolute atomic E-state index is 0.300. The number of hydrogen-bond acceptors (Lipinski definition) is 6. The van der Waals surface area contributed by atoms with Crippen LogP contribution in [-0.2, 0) is 6.54 Å². The van der Waals surface area contributed by atoms with Crippen molar-refractivity contribution in [1.29, 1.82) is 5.26 Å². The van der Waals surface area contributed by atoms with E-state index in [9.17, 15) is 4.79 Å². The van der Waals surface area contributed by atoms with Gasteiger partial charge in [-0.05, 0) is 23.8 Å². The third-order valence-electron chi connectivity index (χ3n) is 5.08. The second kappa shape index (κ2) is 9.16. The first-order valence-electron chi connectivity index (χ1n) is 9.86. The zero-order chi connectivity index (χ0) is 20.8. The van der Waals surface area contributed by atoms with Crippen LogP contribution in [0.2, 0.25) is 0 Å². The van der Waals surface area contributed by atoms with E-state index < -0.39 is 0 Å². The van der Waals surface area contributed by atoms with Crippen molar-refractivity contribution < 1.29 is 4.79 Å². The van der Waals surface area contributed by atoms with Crippen molar-refractivity contribution in [3.8, 4) is 6.07 Å². The Labute approximate surface area is 175 Å². The van der Waals surface area contributed by atoms with Crippen LogP contribution in [0.1, 0.15) is 21.6 Å². The van der Waals surface area contributed by atoms with Crippen LogP contribution in [0.25, 0.3) is 0 Å². The lowest BCUT2D eigenvalue weighted by Crippen LogP contribution is -2.46. The molecule has 0 bridgehead atoms. The van der Waals surface area contributed by atoms with E-state index in [0.29, 0.717) is 16.9 Å². The monoisotopic (exact) mass is 398 g/mol. The van der Waals surface area contributed by atoms with Crippen molar-refractivity contribution in [3.63, 3.8) is 0 Å². The topological polar surface area (TPSA) is 85.2 Å². The Bertz CT molecular complexity index is 1050. The zero-order valence-corrected chi connectivity index (χ0v) is 16.5. The maximum atomic E-state index is 12.6. The highest BCUT2D eigenvalue weighted by Gasteiger charge is 2.19. The fraction of sp³-hybridized carbons (Fsp3) is 0.217. The van der Waals surface area contributed by atoms with E-state index in [1.165, 1.54) is 11.9 Å². The number of nitrogens with zero attached hydrogens (tertiary/aromatic N) is 5. The molecule has 1 amide bonds. The Morgan fingerprint density at radius 1 is 1.00 bits per heavy atom. The first kappa shape index (κ1) is 19.6. The van der Waals surface area contributed by atoms with E-state index in [4.69, 9.17) is 5.26 Å². The van der Waals surface area contributed by atoms with Gasteiger partial charge in [0, 0.05) is 44.5 Å². The standard InChI is InChI=1S/C23H22N6O/c24-15-19-7-4-8-20(13-19)27-23(30)21-14-22(26-17-25-21)29-11-9-28(10-12-29)16-18-5-2-1-3-6-18/h1-8,13-14,17H,9-12,16H2,(H,27,30). The van der Waals surface area contributed by atoms with Gasteiger partial charge in [-0.1, -0.05) is 36.4 Å². The van der Waals surface area contributed by atoms with Crippen LogP contribution in [0.3, 0.4) is 0 Å². The molecule has 0 aliphatic carbocycles. The first-order chi connectivity index (χ1) is 14.7. The summed E-state index contributed by atoms with van der Waals surface area (Å²) in [6.07, 6.45) is 1.42. The highest BCUT2D eigenvalue weighted by atomic mass is 16.1. The number of rotatable bonds is 5. The SMILES string of the molecule is N#Cc1cccc(NC(=O)c2cc(N3CCN(Cc4ccccc4)CC3)ncn2)c1. The largest absolute Gasteiger partial charge is 0.354 e. The van der Waals surface area contributed by atoms with Crippen LogP contribution in [0.4, 0.5) is 11.5 Å². The number of amides is 1. The summed E-state index contributed by atoms with van der Waals surface area (Å²) in [6.45, 7) is 4.49. The van der Waals surface area contributed by atoms with Gasteiger partial charge in [0.25, 0.3) is 5.91 Å². The van der Waals surface area contributed by atoms with Crippen LogP contribution >= 0.6 is 0 Å². The molecule has 1 fully saturated rings. The molecule has 30 heavy (non-hydrogen) atoms. The molecule has 2 aromatic carbocycles. The normalized spacial score (nSPS) is 14.2. The van der Waals surface area contributed by atoms with E-state index in [-0.39, 0.29) is 5.91 Å². The molecule has 7 nitrogen and oxygen atoms in total. The molecule has 0 unspecified atom stereocenters. The molecule has 1 N–H and O–H groups in total. The lowest BCUT2D eigenvalue weighted by Gasteiger charge is -2.35. The number of benzene rings is 2. The summed E-state index contributed by atoms with van der Waals surface area (Å²) in [5.41, 5.74) is 2.67. The summed E-state index contributed by atoms with van der Waals surface area (Å²) in [4.78, 5) is 25.7. The lowest BCUT2D eigenvalue weighted by molar-refractivity contribution is 0.102. The summed E-state index contributed by atoms with van der Waals surface area (Å²) in [7, 11) is 0. The number of piperazine rings is 1. The molecule has 0 saturated carbocycles. The van der Waals surface area contributed by atoms with E-state index >= 15 is 0 Å². The van der Waals surface area contributed by atoms with Crippen LogP contribution in [0, 0.1) is 11.3 Å². The molecule has 7 heteroatoms. The number of carbonyl (C=O) groups excluding carboxylic acids is 1. The fourth-order valence-corrected chi connectivity index (χ4v) is 3.48. The van der Waals surface area contributed by atoms with Crippen molar-refractivity contribution in [2.45, 2.75) is 6.54 Å². The minimum atomic E-state index is -0.323. The summed E-state index contributed by atoms with van der Waals surface area (Å²) in [6, 6.07) is 21.0. The number of hydrogen-bond donors (Lipinski definition) is 1. The third-order valence-corrected chi connectivity index (χ3v) is 5.08. The molecular weight excluding hydrogens is 376 g/mol. The molecule has 1 aliphatic rings. The summed E-state index contributed by atoms with van der Waals surface area (Å²) in [5.74, 6) is 0.428. The highest BCUT2D eigenvalue weighted by molar-refractivity contribution is 6.03. The third kappa shape index (κ3) is 4.80. The van der Waals surface area contributed by atoms with Gasteiger partial charge < -0.3 is 10.2 Å². The van der Waals surface area contributed by atoms with Crippen molar-refractivity contribution in [2.75, 3.05) is 36.4 Å². The smallest absolute Gasteiger partial charge is 0.274 e. The molecule has 3 aromatic rings. The molecule has 1 aromatic heterocycles. The number of nitrogens with one attached hydrogen (secondary N) is 1. The molecule has 0 atom stereocenters. The van der Waals surface area contributed by atoms with Gasteiger partial charge in [0.15, 0.2) is 0 Å². The fourth-order valence-electron chi connectivity index (χ4n) is 3.48. The minimum Gasteiger partial charge on any atom is -0.354 e. The van der Waals surface area contributed by atoms with Gasteiger partial charge in [0.2, 0.25) is 0 Å². The van der Waals surface area contributed by atoms with Crippen molar-refractivity contribution in [2.24, 2.45) is 0 Å². The van der Waals surface area contributed by atoms with E-state index in [2.05, 4.69) is 55.4 Å². The predicted molar refractivity (Wildman–Crippen MR) is 115 cm³/mol. The van der Waals surface area contributed by atoms with Crippen LogP contribution < -0.4 is 10.2 Å². The van der Waals surface area contributed by atoms with Crippen LogP contribution in [0.15, 0.2) is 67.0 Å². The number of carbonyl (C=O) groups is 1. The summed E-state index contributed by atoms with van der Waals surface area (Å²) < 4.78 is 0. The van der Waals surface area contributed by atoms with Gasteiger partial charge in [-0.25, -0.2) is 9.97 Å². The van der Waals surface area contributed by atoms with Crippen molar-refractivity contribution in [3.05, 3.63) is 83.8 Å². The maximum absolute atomic E-state index is 12.6. The molecule has 1 aliphatic heterocycles. The molecular formula is C23H22N6O. The van der Waals surface area contributed by atoms with Crippen molar-refractivity contribution >= 4 is 17.4 Å². The maximum Gasteiger partial charge on any atom is 0.274 e. The quantitative estimate of drug-likeness (QED) is 0.711. The van der Waals surface area contributed by atoms with Crippen LogP contribution in [0.5, 0.6) is 0 Å². The van der Waals surface area contributed by atoms with Gasteiger partial charge >= 0.3 is 0 Å². The second-order valence-corrected chi connectivity index (χ2v) is 7.16. The zero-order valence-electron chi connectivity index (χ0n) is 16.5. The number of aromatic nitrogens is 2. The Hall–Kier alpha value is -3.76. The van der Waals surface area contributed by atoms with E-state index in [0.717, 1.165) is 38.5 Å². The summed E-state index contributed by atoms with van der Waals surface area (Å²) in [5, 5.41) is 11.8. The second-order valence-electron chi connectivity index (χ2n) is 7.16. The average Bonchev–Trinajstić information content (AvgIpc) is 2.80. The average molecular weight is 398 g/mol. The molecule has 2 heterocycles. The van der Waals surface area contributed by atoms with Gasteiger partial charge in [0.1, 0.15) is 17.8 Å². The van der Waals surface area contributed by atoms with Gasteiger partial charge in [-0.3, -0.25) is 9.69 Å². The number of anilines is 2. The van der Waals surface area contributed by atoms with Crippen molar-refractivity contribution in [1.82, 2.24) is 14.9 Å². The Morgan fingerprint density at radius 2 is 1.80 bits per heavy atom. The predicted octanol–water partition coefficient (Wildman–Crippen LogP) is 2.92. The van der Waals surface area contributed by atoms with E-state index in [1.807, 2.05) is 6.07 Å². The Kier molecular flexibility index (Phi) is 5.97. The van der Waals surface area contributed by atoms with Crippen LogP contribution in [-0.4, -0.2) is 47.0 Å². The lowest BCUT2D eigenvalue weighted by atomic mass is 10.2. The summed E-state index contributed by atoms with van der Waals surface area (Å²) >= 11 is 0. The first-order valence-corrected chi connectivity index (χ1v) is 9.86. The van der Waals surface area contributed by atoms with Gasteiger partial charge in [-0.15, -0.1) is 0 Å². The number of nitriles is 1. The Morgan fingerprint density at radius 3 is 2.57 bits per heavy atom. The molecule has 0 radical (unpaired) electrons. The Balaban J connectivity index is 1.37. The molecule has 4 rings (SSSR count). The molecule has 150 valence electrons. The van der Waals surface area contributed by atoms with E-state index in [1.54, 1.807) is 30.3 Å². The highest BCUT2D eigenvalue weighted by Crippen LogP contribution is 2.17.